The zero-order valence-electron chi connectivity index (χ0n) is 12.3. The Kier molecular flexibility index (Phi) is 4.58. The van der Waals surface area contributed by atoms with E-state index in [-0.39, 0.29) is 6.04 Å². The Hall–Kier alpha value is -2.07. The van der Waals surface area contributed by atoms with Crippen molar-refractivity contribution in [3.05, 3.63) is 53.3 Å². The van der Waals surface area contributed by atoms with Crippen LogP contribution >= 0.6 is 0 Å². The fourth-order valence-electron chi connectivity index (χ4n) is 2.38. The van der Waals surface area contributed by atoms with E-state index in [4.69, 9.17) is 9.47 Å². The molecule has 0 aliphatic heterocycles. The lowest BCUT2D eigenvalue weighted by Crippen LogP contribution is -2.19. The van der Waals surface area contributed by atoms with E-state index in [1.165, 1.54) is 0 Å². The van der Waals surface area contributed by atoms with Gasteiger partial charge in [0.25, 0.3) is 0 Å². The molecule has 0 fully saturated rings. The van der Waals surface area contributed by atoms with Gasteiger partial charge < -0.3 is 14.8 Å². The molecule has 1 heterocycles. The van der Waals surface area contributed by atoms with Gasteiger partial charge in [-0.05, 0) is 31.2 Å². The van der Waals surface area contributed by atoms with Gasteiger partial charge in [-0.15, -0.1) is 0 Å². The molecule has 0 bridgehead atoms. The van der Waals surface area contributed by atoms with Crippen LogP contribution < -0.4 is 14.8 Å². The average molecular weight is 272 g/mol. The number of ether oxygens (including phenoxy) is 2. The lowest BCUT2D eigenvalue weighted by atomic mass is 9.98. The highest BCUT2D eigenvalue weighted by atomic mass is 16.5. The smallest absolute Gasteiger partial charge is 0.165 e. The van der Waals surface area contributed by atoms with Crippen molar-refractivity contribution in [2.45, 2.75) is 13.0 Å². The molecule has 0 amide bonds. The summed E-state index contributed by atoms with van der Waals surface area (Å²) < 4.78 is 10.9. The van der Waals surface area contributed by atoms with Crippen molar-refractivity contribution >= 4 is 0 Å². The fourth-order valence-corrected chi connectivity index (χ4v) is 2.38. The zero-order valence-corrected chi connectivity index (χ0v) is 12.3. The molecule has 4 heteroatoms. The summed E-state index contributed by atoms with van der Waals surface area (Å²) in [4.78, 5) is 4.26. The molecule has 0 aliphatic carbocycles. The Morgan fingerprint density at radius 2 is 1.95 bits per heavy atom. The van der Waals surface area contributed by atoms with E-state index in [2.05, 4.69) is 16.4 Å². The summed E-state index contributed by atoms with van der Waals surface area (Å²) in [7, 11) is 5.22. The Morgan fingerprint density at radius 3 is 2.55 bits per heavy atom. The molecule has 0 radical (unpaired) electrons. The summed E-state index contributed by atoms with van der Waals surface area (Å²) in [6.07, 6.45) is 3.71. The van der Waals surface area contributed by atoms with Gasteiger partial charge in [0, 0.05) is 18.0 Å². The molecule has 20 heavy (non-hydrogen) atoms. The van der Waals surface area contributed by atoms with Crippen LogP contribution in [-0.4, -0.2) is 26.3 Å². The van der Waals surface area contributed by atoms with Gasteiger partial charge in [0.05, 0.1) is 20.3 Å². The molecule has 4 nitrogen and oxygen atoms in total. The van der Waals surface area contributed by atoms with Crippen molar-refractivity contribution in [2.24, 2.45) is 0 Å². The maximum absolute atomic E-state index is 5.52. The van der Waals surface area contributed by atoms with Crippen molar-refractivity contribution in [2.75, 3.05) is 21.3 Å². The minimum absolute atomic E-state index is 0.00690. The summed E-state index contributed by atoms with van der Waals surface area (Å²) in [5, 5.41) is 3.31. The molecule has 106 valence electrons. The van der Waals surface area contributed by atoms with Crippen LogP contribution in [0.25, 0.3) is 0 Å². The van der Waals surface area contributed by atoms with Crippen molar-refractivity contribution < 1.29 is 9.47 Å². The van der Waals surface area contributed by atoms with Crippen molar-refractivity contribution in [3.8, 4) is 11.5 Å². The van der Waals surface area contributed by atoms with Gasteiger partial charge in [-0.3, -0.25) is 4.98 Å². The quantitative estimate of drug-likeness (QED) is 0.909. The summed E-state index contributed by atoms with van der Waals surface area (Å²) in [6, 6.07) is 8.01. The first-order valence-electron chi connectivity index (χ1n) is 6.51. The van der Waals surface area contributed by atoms with Crippen LogP contribution in [0, 0.1) is 6.92 Å². The molecule has 1 N–H and O–H groups in total. The number of rotatable bonds is 5. The number of para-hydroxylation sites is 1. The molecule has 0 spiro atoms. The Bertz CT molecular complexity index is 584. The first kappa shape index (κ1) is 14.3. The second kappa shape index (κ2) is 6.39. The molecule has 1 atom stereocenters. The predicted molar refractivity (Wildman–Crippen MR) is 79.4 cm³/mol. The van der Waals surface area contributed by atoms with Crippen molar-refractivity contribution in [1.29, 1.82) is 0 Å². The SMILES string of the molecule is CNC(c1cncc(C)c1)c1cccc(OC)c1OC. The fraction of sp³-hybridized carbons (Fsp3) is 0.312. The molecule has 0 saturated heterocycles. The lowest BCUT2D eigenvalue weighted by molar-refractivity contribution is 0.349. The van der Waals surface area contributed by atoms with E-state index in [1.807, 2.05) is 44.6 Å². The number of nitrogens with zero attached hydrogens (tertiary/aromatic N) is 1. The monoisotopic (exact) mass is 272 g/mol. The maximum atomic E-state index is 5.52. The van der Waals surface area contributed by atoms with Gasteiger partial charge in [0.2, 0.25) is 0 Å². The molecule has 1 unspecified atom stereocenters. The van der Waals surface area contributed by atoms with Gasteiger partial charge in [0.1, 0.15) is 0 Å². The first-order chi connectivity index (χ1) is 9.71. The van der Waals surface area contributed by atoms with E-state index in [0.717, 1.165) is 28.2 Å². The highest BCUT2D eigenvalue weighted by molar-refractivity contribution is 5.50. The Balaban J connectivity index is 2.52. The number of pyridine rings is 1. The van der Waals surface area contributed by atoms with E-state index in [9.17, 15) is 0 Å². The van der Waals surface area contributed by atoms with E-state index in [1.54, 1.807) is 14.2 Å². The van der Waals surface area contributed by atoms with Crippen LogP contribution in [-0.2, 0) is 0 Å². The molecule has 2 aromatic rings. The van der Waals surface area contributed by atoms with E-state index < -0.39 is 0 Å². The van der Waals surface area contributed by atoms with E-state index >= 15 is 0 Å². The number of hydrogen-bond donors (Lipinski definition) is 1. The van der Waals surface area contributed by atoms with Crippen molar-refractivity contribution in [3.63, 3.8) is 0 Å². The van der Waals surface area contributed by atoms with Gasteiger partial charge in [-0.25, -0.2) is 0 Å². The molecular formula is C16H20N2O2. The Morgan fingerprint density at radius 1 is 1.15 bits per heavy atom. The number of methoxy groups -OCH3 is 2. The van der Waals surface area contributed by atoms with E-state index in [0.29, 0.717) is 0 Å². The van der Waals surface area contributed by atoms with Crippen LogP contribution in [0.5, 0.6) is 11.5 Å². The minimum Gasteiger partial charge on any atom is -0.493 e. The van der Waals surface area contributed by atoms with Gasteiger partial charge in [-0.1, -0.05) is 18.2 Å². The second-order valence-electron chi connectivity index (χ2n) is 4.60. The van der Waals surface area contributed by atoms with Gasteiger partial charge in [-0.2, -0.15) is 0 Å². The third kappa shape index (κ3) is 2.75. The largest absolute Gasteiger partial charge is 0.493 e. The number of nitrogens with one attached hydrogen (secondary N) is 1. The van der Waals surface area contributed by atoms with Crippen LogP contribution in [0.15, 0.2) is 36.7 Å². The van der Waals surface area contributed by atoms with Crippen LogP contribution in [0.2, 0.25) is 0 Å². The van der Waals surface area contributed by atoms with Crippen molar-refractivity contribution in [1.82, 2.24) is 10.3 Å². The van der Waals surface area contributed by atoms with Crippen LogP contribution in [0.1, 0.15) is 22.7 Å². The number of benzene rings is 1. The summed E-state index contributed by atoms with van der Waals surface area (Å²) in [6.45, 7) is 2.03. The topological polar surface area (TPSA) is 43.4 Å². The molecular weight excluding hydrogens is 252 g/mol. The second-order valence-corrected chi connectivity index (χ2v) is 4.60. The number of aryl methyl sites for hydroxylation is 1. The summed E-state index contributed by atoms with van der Waals surface area (Å²) >= 11 is 0. The first-order valence-corrected chi connectivity index (χ1v) is 6.51. The molecule has 0 aliphatic rings. The van der Waals surface area contributed by atoms with Gasteiger partial charge >= 0.3 is 0 Å². The number of aromatic nitrogens is 1. The third-order valence-corrected chi connectivity index (χ3v) is 3.26. The standard InChI is InChI=1S/C16H20N2O2/c1-11-8-12(10-18-9-11)15(17-2)13-6-5-7-14(19-3)16(13)20-4/h5-10,15,17H,1-4H3. The Labute approximate surface area is 119 Å². The normalized spacial score (nSPS) is 12.0. The average Bonchev–Trinajstić information content (AvgIpc) is 2.47. The summed E-state index contributed by atoms with van der Waals surface area (Å²) in [5.41, 5.74) is 3.26. The van der Waals surface area contributed by atoms with Crippen LogP contribution in [0.3, 0.4) is 0 Å². The maximum Gasteiger partial charge on any atom is 0.165 e. The predicted octanol–water partition coefficient (Wildman–Crippen LogP) is 2.72. The highest BCUT2D eigenvalue weighted by Gasteiger charge is 2.19. The molecule has 1 aromatic carbocycles. The molecule has 0 saturated carbocycles. The van der Waals surface area contributed by atoms with Crippen LogP contribution in [0.4, 0.5) is 0 Å². The zero-order chi connectivity index (χ0) is 14.5. The minimum atomic E-state index is 0.00690. The van der Waals surface area contributed by atoms with Gasteiger partial charge in [0.15, 0.2) is 11.5 Å². The third-order valence-electron chi connectivity index (χ3n) is 3.26. The molecule has 1 aromatic heterocycles. The number of hydrogen-bond acceptors (Lipinski definition) is 4. The summed E-state index contributed by atoms with van der Waals surface area (Å²) in [5.74, 6) is 1.47. The lowest BCUT2D eigenvalue weighted by Gasteiger charge is -2.21. The molecule has 2 rings (SSSR count). The highest BCUT2D eigenvalue weighted by Crippen LogP contribution is 2.36.